The maximum absolute atomic E-state index is 13.1. The monoisotopic (exact) mass is 373 g/mol. The molecule has 26 heavy (non-hydrogen) atoms. The lowest BCUT2D eigenvalue weighted by molar-refractivity contribution is -0.140. The highest BCUT2D eigenvalue weighted by Gasteiger charge is 2.42. The van der Waals surface area contributed by atoms with Gasteiger partial charge in [0.05, 0.1) is 23.7 Å². The quantitative estimate of drug-likeness (QED) is 0.889. The van der Waals surface area contributed by atoms with E-state index in [0.29, 0.717) is 25.3 Å². The summed E-state index contributed by atoms with van der Waals surface area (Å²) in [5, 5.41) is 9.18. The first-order valence-electron chi connectivity index (χ1n) is 9.09. The molecule has 5 rings (SSSR count). The van der Waals surface area contributed by atoms with Gasteiger partial charge in [-0.05, 0) is 26.2 Å². The first kappa shape index (κ1) is 17.2. The predicted octanol–water partition coefficient (Wildman–Crippen LogP) is 2.00. The van der Waals surface area contributed by atoms with Gasteiger partial charge in [-0.3, -0.25) is 14.7 Å². The number of aromatic nitrogens is 3. The van der Waals surface area contributed by atoms with Crippen LogP contribution in [0.25, 0.3) is 0 Å². The fraction of sp³-hybridized carbons (Fsp3) is 0.556. The molecule has 2 aromatic rings. The summed E-state index contributed by atoms with van der Waals surface area (Å²) in [6.07, 6.45) is 2.60. The number of carbonyl (C=O) groups excluding carboxylic acids is 2. The molecule has 8 heteroatoms. The number of nitrogens with zero attached hydrogens (tertiary/aromatic N) is 4. The molecule has 7 nitrogen and oxygen atoms in total. The van der Waals surface area contributed by atoms with E-state index in [0.717, 1.165) is 36.2 Å². The number of fused-ring (bicyclic) bond motifs is 4. The smallest absolute Gasteiger partial charge is 0.274 e. The molecule has 3 aliphatic rings. The van der Waals surface area contributed by atoms with Crippen molar-refractivity contribution >= 4 is 23.2 Å². The van der Waals surface area contributed by atoms with Crippen molar-refractivity contribution in [3.8, 4) is 0 Å². The minimum atomic E-state index is -0.124. The molecule has 0 saturated carbocycles. The number of amides is 2. The van der Waals surface area contributed by atoms with Crippen molar-refractivity contribution in [1.82, 2.24) is 25.0 Å². The summed E-state index contributed by atoms with van der Waals surface area (Å²) in [5.41, 5.74) is 5.11. The highest BCUT2D eigenvalue weighted by atomic mass is 32.1. The van der Waals surface area contributed by atoms with Gasteiger partial charge in [-0.15, -0.1) is 11.3 Å². The third-order valence-electron chi connectivity index (χ3n) is 5.56. The van der Waals surface area contributed by atoms with Gasteiger partial charge in [-0.1, -0.05) is 6.92 Å². The van der Waals surface area contributed by atoms with Gasteiger partial charge in [0, 0.05) is 35.8 Å². The van der Waals surface area contributed by atoms with Crippen molar-refractivity contribution < 1.29 is 9.59 Å². The van der Waals surface area contributed by atoms with Crippen molar-refractivity contribution in [2.75, 3.05) is 13.1 Å². The molecule has 3 aliphatic heterocycles. The maximum Gasteiger partial charge on any atom is 0.274 e. The minimum Gasteiger partial charge on any atom is -0.334 e. The third-order valence-corrected chi connectivity index (χ3v) is 6.20. The lowest BCUT2D eigenvalue weighted by atomic mass is 9.94. The Kier molecular flexibility index (Phi) is 4.52. The van der Waals surface area contributed by atoms with Gasteiger partial charge in [-0.25, -0.2) is 4.98 Å². The van der Waals surface area contributed by atoms with Crippen molar-refractivity contribution in [3.63, 3.8) is 0 Å². The standard InChI is InChI=1S/C18H23N5O2S/c1-3-15-11(2)16(21-20-15)18(25)22-6-12-4-5-14(8-22)23(17(12)24)7-13-9-26-10-19-13/h9-10,12,14H,3-8H2,1-2H3,(H,20,21)/t12-,14+/m1/s1. The molecule has 2 atom stereocenters. The van der Waals surface area contributed by atoms with E-state index in [-0.39, 0.29) is 23.8 Å². The Morgan fingerprint density at radius 1 is 1.38 bits per heavy atom. The van der Waals surface area contributed by atoms with Crippen LogP contribution in [0.3, 0.4) is 0 Å². The molecular formula is C18H23N5O2S. The van der Waals surface area contributed by atoms with Crippen LogP contribution in [0.2, 0.25) is 0 Å². The summed E-state index contributed by atoms with van der Waals surface area (Å²) < 4.78 is 0. The summed E-state index contributed by atoms with van der Waals surface area (Å²) >= 11 is 1.54. The number of aromatic amines is 1. The zero-order valence-electron chi connectivity index (χ0n) is 15.1. The van der Waals surface area contributed by atoms with Crippen LogP contribution in [-0.2, 0) is 17.8 Å². The number of aryl methyl sites for hydroxylation is 1. The summed E-state index contributed by atoms with van der Waals surface area (Å²) in [4.78, 5) is 34.0. The van der Waals surface area contributed by atoms with E-state index in [9.17, 15) is 9.59 Å². The zero-order valence-corrected chi connectivity index (χ0v) is 15.9. The minimum absolute atomic E-state index is 0.0526. The van der Waals surface area contributed by atoms with Crippen molar-refractivity contribution in [2.45, 2.75) is 45.7 Å². The van der Waals surface area contributed by atoms with Gasteiger partial charge in [0.25, 0.3) is 5.91 Å². The molecule has 2 amide bonds. The summed E-state index contributed by atoms with van der Waals surface area (Å²) in [6, 6.07) is 0.0526. The van der Waals surface area contributed by atoms with Crippen LogP contribution in [0.1, 0.15) is 47.2 Å². The second-order valence-corrected chi connectivity index (χ2v) is 7.83. The predicted molar refractivity (Wildman–Crippen MR) is 97.8 cm³/mol. The summed E-state index contributed by atoms with van der Waals surface area (Å²) in [7, 11) is 0. The van der Waals surface area contributed by atoms with Gasteiger partial charge in [0.1, 0.15) is 0 Å². The maximum atomic E-state index is 13.1. The van der Waals surface area contributed by atoms with Crippen LogP contribution in [0.15, 0.2) is 10.9 Å². The summed E-state index contributed by atoms with van der Waals surface area (Å²) in [6.45, 7) is 5.55. The number of hydrogen-bond donors (Lipinski definition) is 1. The van der Waals surface area contributed by atoms with Crippen LogP contribution < -0.4 is 0 Å². The van der Waals surface area contributed by atoms with Gasteiger partial charge in [-0.2, -0.15) is 5.10 Å². The molecule has 138 valence electrons. The SMILES string of the molecule is CCc1[nH]nc(C(=O)N2C[C@H]3CC[C@@H](C2)N(Cc2cscn2)C3=O)c1C. The Bertz CT molecular complexity index is 816. The van der Waals surface area contributed by atoms with Gasteiger partial charge in [0.2, 0.25) is 5.91 Å². The number of hydrogen-bond acceptors (Lipinski definition) is 5. The number of carbonyl (C=O) groups is 2. The normalized spacial score (nSPS) is 22.8. The molecule has 2 bridgehead atoms. The molecule has 0 aromatic carbocycles. The van der Waals surface area contributed by atoms with E-state index in [4.69, 9.17) is 0 Å². The van der Waals surface area contributed by atoms with Crippen molar-refractivity contribution in [3.05, 3.63) is 33.5 Å². The first-order chi connectivity index (χ1) is 12.6. The number of piperidine rings is 1. The van der Waals surface area contributed by atoms with E-state index in [1.807, 2.05) is 29.0 Å². The molecule has 1 N–H and O–H groups in total. The Balaban J connectivity index is 1.56. The van der Waals surface area contributed by atoms with E-state index in [1.54, 1.807) is 5.51 Å². The lowest BCUT2D eigenvalue weighted by Gasteiger charge is -2.35. The van der Waals surface area contributed by atoms with E-state index >= 15 is 0 Å². The summed E-state index contributed by atoms with van der Waals surface area (Å²) in [5.74, 6) is -0.0440. The molecular weight excluding hydrogens is 350 g/mol. The Labute approximate surface area is 156 Å². The van der Waals surface area contributed by atoms with Crippen LogP contribution in [0, 0.1) is 12.8 Å². The van der Waals surface area contributed by atoms with Gasteiger partial charge in [0.15, 0.2) is 5.69 Å². The number of rotatable bonds is 4. The van der Waals surface area contributed by atoms with E-state index in [1.165, 1.54) is 11.3 Å². The third kappa shape index (κ3) is 2.92. The highest BCUT2D eigenvalue weighted by Crippen LogP contribution is 2.31. The average Bonchev–Trinajstić information content (AvgIpc) is 3.19. The lowest BCUT2D eigenvalue weighted by Crippen LogP contribution is -2.47. The average molecular weight is 373 g/mol. The van der Waals surface area contributed by atoms with Crippen molar-refractivity contribution in [2.24, 2.45) is 5.92 Å². The number of nitrogens with one attached hydrogen (secondary N) is 1. The first-order valence-corrected chi connectivity index (χ1v) is 10.0. The van der Waals surface area contributed by atoms with E-state index < -0.39 is 0 Å². The molecule has 0 spiro atoms. The topological polar surface area (TPSA) is 82.2 Å². The second-order valence-electron chi connectivity index (χ2n) is 7.11. The molecule has 0 radical (unpaired) electrons. The highest BCUT2D eigenvalue weighted by molar-refractivity contribution is 7.07. The fourth-order valence-electron chi connectivity index (χ4n) is 4.04. The Morgan fingerprint density at radius 3 is 2.92 bits per heavy atom. The fourth-order valence-corrected chi connectivity index (χ4v) is 4.59. The van der Waals surface area contributed by atoms with Crippen molar-refractivity contribution in [1.29, 1.82) is 0 Å². The molecule has 2 aromatic heterocycles. The van der Waals surface area contributed by atoms with Gasteiger partial charge < -0.3 is 9.80 Å². The van der Waals surface area contributed by atoms with Crippen LogP contribution in [0.4, 0.5) is 0 Å². The Hall–Kier alpha value is -2.22. The van der Waals surface area contributed by atoms with Crippen LogP contribution >= 0.6 is 11.3 Å². The largest absolute Gasteiger partial charge is 0.334 e. The second kappa shape index (κ2) is 6.83. The number of H-pyrrole nitrogens is 1. The molecule has 0 aliphatic carbocycles. The zero-order chi connectivity index (χ0) is 18.3. The van der Waals surface area contributed by atoms with E-state index in [2.05, 4.69) is 15.2 Å². The number of thiazole rings is 1. The molecule has 3 fully saturated rings. The molecule has 5 heterocycles. The van der Waals surface area contributed by atoms with Gasteiger partial charge >= 0.3 is 0 Å². The molecule has 0 unspecified atom stereocenters. The molecule has 3 saturated heterocycles. The van der Waals surface area contributed by atoms with Crippen LogP contribution in [0.5, 0.6) is 0 Å². The van der Waals surface area contributed by atoms with Crippen LogP contribution in [-0.4, -0.2) is 55.9 Å². The Morgan fingerprint density at radius 2 is 2.23 bits per heavy atom.